The van der Waals surface area contributed by atoms with E-state index in [1.54, 1.807) is 6.07 Å². The van der Waals surface area contributed by atoms with Crippen molar-refractivity contribution in [3.8, 4) is 0 Å². The molecule has 0 aliphatic carbocycles. The quantitative estimate of drug-likeness (QED) is 0.688. The minimum Gasteiger partial charge on any atom is -0.348 e. The van der Waals surface area contributed by atoms with Crippen molar-refractivity contribution in [2.75, 3.05) is 0 Å². The number of halogens is 1. The fraction of sp³-hybridized carbons (Fsp3) is 0.0714. The largest absolute Gasteiger partial charge is 0.348 e. The standard InChI is InChI=1S/C14H11FN2O3/c15-11-7-5-10(6-8-11)9-16-14(18)12-3-1-2-4-13(12)17(19)20/h1-8H,9H2,(H,16,18). The number of nitro benzene ring substituents is 1. The number of hydrogen-bond donors (Lipinski definition) is 1. The van der Waals surface area contributed by atoms with Crippen LogP contribution in [0.25, 0.3) is 0 Å². The van der Waals surface area contributed by atoms with Crippen molar-refractivity contribution in [3.63, 3.8) is 0 Å². The van der Waals surface area contributed by atoms with E-state index in [0.29, 0.717) is 5.56 Å². The van der Waals surface area contributed by atoms with Gasteiger partial charge in [-0.05, 0) is 23.8 Å². The van der Waals surface area contributed by atoms with Gasteiger partial charge in [0.25, 0.3) is 11.6 Å². The maximum atomic E-state index is 12.7. The molecule has 2 aromatic rings. The van der Waals surface area contributed by atoms with Crippen molar-refractivity contribution >= 4 is 11.6 Å². The van der Waals surface area contributed by atoms with Crippen molar-refractivity contribution in [2.45, 2.75) is 6.54 Å². The molecule has 0 saturated heterocycles. The van der Waals surface area contributed by atoms with Gasteiger partial charge in [0.1, 0.15) is 11.4 Å². The smallest absolute Gasteiger partial charge is 0.282 e. The van der Waals surface area contributed by atoms with Gasteiger partial charge in [0, 0.05) is 12.6 Å². The number of nitrogens with zero attached hydrogens (tertiary/aromatic N) is 1. The number of rotatable bonds is 4. The Bertz CT molecular complexity index is 641. The van der Waals surface area contributed by atoms with Gasteiger partial charge in [0.2, 0.25) is 0 Å². The third-order valence-electron chi connectivity index (χ3n) is 2.71. The van der Waals surface area contributed by atoms with Crippen LogP contribution >= 0.6 is 0 Å². The first-order valence-corrected chi connectivity index (χ1v) is 5.84. The van der Waals surface area contributed by atoms with Crippen LogP contribution in [-0.2, 0) is 6.54 Å². The summed E-state index contributed by atoms with van der Waals surface area (Å²) in [4.78, 5) is 22.1. The zero-order valence-corrected chi connectivity index (χ0v) is 10.4. The second-order valence-electron chi connectivity index (χ2n) is 4.08. The Morgan fingerprint density at radius 3 is 2.45 bits per heavy atom. The molecule has 2 aromatic carbocycles. The molecule has 20 heavy (non-hydrogen) atoms. The topological polar surface area (TPSA) is 72.2 Å². The summed E-state index contributed by atoms with van der Waals surface area (Å²) in [6.07, 6.45) is 0. The summed E-state index contributed by atoms with van der Waals surface area (Å²) in [6.45, 7) is 0.172. The highest BCUT2D eigenvalue weighted by Crippen LogP contribution is 2.17. The molecule has 6 heteroatoms. The molecule has 0 aliphatic rings. The summed E-state index contributed by atoms with van der Waals surface area (Å²) in [6, 6.07) is 11.3. The van der Waals surface area contributed by atoms with Gasteiger partial charge in [0.15, 0.2) is 0 Å². The van der Waals surface area contributed by atoms with E-state index in [1.807, 2.05) is 0 Å². The van der Waals surface area contributed by atoms with Gasteiger partial charge in [-0.25, -0.2) is 4.39 Å². The molecular formula is C14H11FN2O3. The molecule has 0 aromatic heterocycles. The number of benzene rings is 2. The highest BCUT2D eigenvalue weighted by molar-refractivity contribution is 5.98. The van der Waals surface area contributed by atoms with Crippen molar-refractivity contribution in [1.82, 2.24) is 5.32 Å². The molecular weight excluding hydrogens is 263 g/mol. The number of carbonyl (C=O) groups excluding carboxylic acids is 1. The van der Waals surface area contributed by atoms with E-state index >= 15 is 0 Å². The van der Waals surface area contributed by atoms with Crippen LogP contribution in [0.5, 0.6) is 0 Å². The van der Waals surface area contributed by atoms with E-state index in [0.717, 1.165) is 0 Å². The van der Waals surface area contributed by atoms with Crippen LogP contribution in [0.3, 0.4) is 0 Å². The number of amides is 1. The molecule has 0 fully saturated rings. The number of hydrogen-bond acceptors (Lipinski definition) is 3. The Kier molecular flexibility index (Phi) is 4.05. The summed E-state index contributed by atoms with van der Waals surface area (Å²) < 4.78 is 12.7. The van der Waals surface area contributed by atoms with Crippen molar-refractivity contribution in [2.24, 2.45) is 0 Å². The maximum absolute atomic E-state index is 12.7. The number of nitrogens with one attached hydrogen (secondary N) is 1. The van der Waals surface area contributed by atoms with Crippen LogP contribution in [0, 0.1) is 15.9 Å². The second kappa shape index (κ2) is 5.92. The van der Waals surface area contributed by atoms with Crippen molar-refractivity contribution in [1.29, 1.82) is 0 Å². The summed E-state index contributed by atoms with van der Waals surface area (Å²) in [5.41, 5.74) is 0.460. The molecule has 0 radical (unpaired) electrons. The van der Waals surface area contributed by atoms with E-state index in [1.165, 1.54) is 42.5 Å². The lowest BCUT2D eigenvalue weighted by Crippen LogP contribution is -2.23. The average Bonchev–Trinajstić information content (AvgIpc) is 2.46. The van der Waals surface area contributed by atoms with Gasteiger partial charge >= 0.3 is 0 Å². The van der Waals surface area contributed by atoms with Crippen LogP contribution in [0.15, 0.2) is 48.5 Å². The Balaban J connectivity index is 2.09. The lowest BCUT2D eigenvalue weighted by molar-refractivity contribution is -0.385. The van der Waals surface area contributed by atoms with Crippen LogP contribution in [0.4, 0.5) is 10.1 Å². The molecule has 2 rings (SSSR count). The van der Waals surface area contributed by atoms with E-state index in [4.69, 9.17) is 0 Å². The van der Waals surface area contributed by atoms with Gasteiger partial charge in [-0.15, -0.1) is 0 Å². The second-order valence-corrected chi connectivity index (χ2v) is 4.08. The maximum Gasteiger partial charge on any atom is 0.282 e. The molecule has 102 valence electrons. The first-order valence-electron chi connectivity index (χ1n) is 5.84. The Labute approximate surface area is 114 Å². The number of carbonyl (C=O) groups is 1. The summed E-state index contributed by atoms with van der Waals surface area (Å²) in [5.74, 6) is -0.902. The highest BCUT2D eigenvalue weighted by atomic mass is 19.1. The molecule has 0 aliphatic heterocycles. The number of para-hydroxylation sites is 1. The molecule has 0 saturated carbocycles. The first kappa shape index (κ1) is 13.7. The fourth-order valence-electron chi connectivity index (χ4n) is 1.70. The third kappa shape index (κ3) is 3.17. The normalized spacial score (nSPS) is 10.1. The van der Waals surface area contributed by atoms with E-state index in [9.17, 15) is 19.3 Å². The molecule has 0 spiro atoms. The van der Waals surface area contributed by atoms with Gasteiger partial charge < -0.3 is 5.32 Å². The van der Waals surface area contributed by atoms with Crippen LogP contribution < -0.4 is 5.32 Å². The molecule has 0 bridgehead atoms. The number of nitro groups is 1. The minimum atomic E-state index is -0.604. The van der Waals surface area contributed by atoms with Crippen LogP contribution in [-0.4, -0.2) is 10.8 Å². The zero-order valence-electron chi connectivity index (χ0n) is 10.4. The monoisotopic (exact) mass is 274 g/mol. The van der Waals surface area contributed by atoms with Crippen molar-refractivity contribution in [3.05, 3.63) is 75.6 Å². The molecule has 0 atom stereocenters. The molecule has 0 heterocycles. The summed E-state index contributed by atoms with van der Waals surface area (Å²) >= 11 is 0. The molecule has 5 nitrogen and oxygen atoms in total. The molecule has 0 unspecified atom stereocenters. The van der Waals surface area contributed by atoms with Crippen molar-refractivity contribution < 1.29 is 14.1 Å². The van der Waals surface area contributed by atoms with Crippen LogP contribution in [0.1, 0.15) is 15.9 Å². The van der Waals surface area contributed by atoms with E-state index in [-0.39, 0.29) is 23.6 Å². The Morgan fingerprint density at radius 1 is 1.15 bits per heavy atom. The van der Waals surface area contributed by atoms with E-state index in [2.05, 4.69) is 5.32 Å². The summed E-state index contributed by atoms with van der Waals surface area (Å²) in [5, 5.41) is 13.4. The fourth-order valence-corrected chi connectivity index (χ4v) is 1.70. The highest BCUT2D eigenvalue weighted by Gasteiger charge is 2.18. The van der Waals surface area contributed by atoms with Gasteiger partial charge in [-0.2, -0.15) is 0 Å². The van der Waals surface area contributed by atoms with E-state index < -0.39 is 10.8 Å². The lowest BCUT2D eigenvalue weighted by atomic mass is 10.1. The van der Waals surface area contributed by atoms with Gasteiger partial charge in [-0.1, -0.05) is 24.3 Å². The lowest BCUT2D eigenvalue weighted by Gasteiger charge is -2.06. The van der Waals surface area contributed by atoms with Gasteiger partial charge in [-0.3, -0.25) is 14.9 Å². The summed E-state index contributed by atoms with van der Waals surface area (Å²) in [7, 11) is 0. The molecule has 1 amide bonds. The Morgan fingerprint density at radius 2 is 1.80 bits per heavy atom. The minimum absolute atomic E-state index is 0.000360. The predicted octanol–water partition coefficient (Wildman–Crippen LogP) is 2.66. The first-order chi connectivity index (χ1) is 9.58. The zero-order chi connectivity index (χ0) is 14.5. The molecule has 1 N–H and O–H groups in total. The Hall–Kier alpha value is -2.76. The predicted molar refractivity (Wildman–Crippen MR) is 70.7 cm³/mol. The van der Waals surface area contributed by atoms with Crippen LogP contribution in [0.2, 0.25) is 0 Å². The average molecular weight is 274 g/mol. The van der Waals surface area contributed by atoms with Gasteiger partial charge in [0.05, 0.1) is 4.92 Å². The third-order valence-corrected chi connectivity index (χ3v) is 2.71. The SMILES string of the molecule is O=C(NCc1ccc(F)cc1)c1ccccc1[N+](=O)[O-].